The molecule has 0 aromatic carbocycles. The van der Waals surface area contributed by atoms with Crippen molar-refractivity contribution in [3.8, 4) is 0 Å². The molecular weight excluding hydrogens is 160 g/mol. The molecule has 13 heavy (non-hydrogen) atoms. The molecule has 0 N–H and O–H groups in total. The number of nitrogens with zero attached hydrogens (tertiary/aromatic N) is 2. The molecule has 1 aromatic heterocycles. The van der Waals surface area contributed by atoms with Gasteiger partial charge in [-0.05, 0) is 32.5 Å². The average Bonchev–Trinajstić information content (AvgIpc) is 2.15. The minimum atomic E-state index is 0.590. The van der Waals surface area contributed by atoms with Gasteiger partial charge < -0.3 is 0 Å². The molecule has 0 atom stereocenters. The summed E-state index contributed by atoms with van der Waals surface area (Å²) in [6, 6.07) is 6.66. The lowest BCUT2D eigenvalue weighted by Gasteiger charge is -2.23. The van der Waals surface area contributed by atoms with Gasteiger partial charge in [0.05, 0.1) is 5.69 Å². The predicted octanol–water partition coefficient (Wildman–Crippen LogP) is 2.31. The molecule has 1 heterocycles. The Morgan fingerprint density at radius 2 is 2.15 bits per heavy atom. The van der Waals surface area contributed by atoms with Gasteiger partial charge >= 0.3 is 0 Å². The van der Waals surface area contributed by atoms with Crippen molar-refractivity contribution in [2.45, 2.75) is 33.4 Å². The summed E-state index contributed by atoms with van der Waals surface area (Å²) in [4.78, 5) is 6.70. The van der Waals surface area contributed by atoms with Gasteiger partial charge in [-0.1, -0.05) is 13.0 Å². The maximum Gasteiger partial charge on any atom is 0.0544 e. The molecule has 0 aliphatic rings. The van der Waals surface area contributed by atoms with E-state index >= 15 is 0 Å². The molecule has 1 rings (SSSR count). The number of pyridine rings is 1. The molecule has 0 amide bonds. The fourth-order valence-corrected chi connectivity index (χ4v) is 1.36. The lowest BCUT2D eigenvalue weighted by atomic mass is 10.2. The third kappa shape index (κ3) is 3.15. The van der Waals surface area contributed by atoms with E-state index in [2.05, 4.69) is 36.7 Å². The lowest BCUT2D eigenvalue weighted by molar-refractivity contribution is 0.222. The molecule has 0 saturated carbocycles. The largest absolute Gasteiger partial charge is 0.295 e. The van der Waals surface area contributed by atoms with Crippen molar-refractivity contribution < 1.29 is 0 Å². The highest BCUT2D eigenvalue weighted by molar-refractivity contribution is 5.03. The second-order valence-corrected chi connectivity index (χ2v) is 3.48. The Labute approximate surface area is 80.6 Å². The molecule has 0 bridgehead atoms. The number of aromatic nitrogens is 1. The molecule has 0 fully saturated rings. The van der Waals surface area contributed by atoms with Crippen LogP contribution in [-0.2, 0) is 6.54 Å². The van der Waals surface area contributed by atoms with Crippen LogP contribution in [0.3, 0.4) is 0 Å². The molecule has 1 aromatic rings. The highest BCUT2D eigenvalue weighted by Crippen LogP contribution is 2.04. The number of rotatable bonds is 4. The number of hydrogen-bond acceptors (Lipinski definition) is 2. The Balaban J connectivity index is 2.57. The van der Waals surface area contributed by atoms with Gasteiger partial charge in [-0.15, -0.1) is 0 Å². The van der Waals surface area contributed by atoms with Crippen molar-refractivity contribution in [3.05, 3.63) is 30.1 Å². The van der Waals surface area contributed by atoms with Crippen LogP contribution in [0.1, 0.15) is 26.5 Å². The van der Waals surface area contributed by atoms with Crippen LogP contribution in [0.5, 0.6) is 0 Å². The highest BCUT2D eigenvalue weighted by Gasteiger charge is 2.07. The van der Waals surface area contributed by atoms with Gasteiger partial charge in [0.25, 0.3) is 0 Å². The van der Waals surface area contributed by atoms with Crippen LogP contribution in [0.4, 0.5) is 0 Å². The monoisotopic (exact) mass is 178 g/mol. The summed E-state index contributed by atoms with van der Waals surface area (Å²) in [5.74, 6) is 0. The van der Waals surface area contributed by atoms with Gasteiger partial charge in [0.1, 0.15) is 0 Å². The first-order valence-corrected chi connectivity index (χ1v) is 4.88. The predicted molar refractivity (Wildman–Crippen MR) is 55.5 cm³/mol. The van der Waals surface area contributed by atoms with E-state index in [9.17, 15) is 0 Å². The first-order valence-electron chi connectivity index (χ1n) is 4.88. The van der Waals surface area contributed by atoms with Crippen LogP contribution < -0.4 is 0 Å². The van der Waals surface area contributed by atoms with E-state index in [0.717, 1.165) is 18.8 Å². The molecule has 72 valence electrons. The summed E-state index contributed by atoms with van der Waals surface area (Å²) in [6.07, 6.45) is 1.85. The van der Waals surface area contributed by atoms with E-state index in [4.69, 9.17) is 0 Å². The molecule has 2 heteroatoms. The molecule has 0 aliphatic carbocycles. The lowest BCUT2D eigenvalue weighted by Crippen LogP contribution is -2.30. The minimum Gasteiger partial charge on any atom is -0.295 e. The Morgan fingerprint density at radius 1 is 1.38 bits per heavy atom. The Bertz CT molecular complexity index is 231. The van der Waals surface area contributed by atoms with Crippen LogP contribution >= 0.6 is 0 Å². The van der Waals surface area contributed by atoms with E-state index in [-0.39, 0.29) is 0 Å². The fraction of sp³-hybridized carbons (Fsp3) is 0.545. The van der Waals surface area contributed by atoms with Crippen molar-refractivity contribution in [1.82, 2.24) is 9.88 Å². The minimum absolute atomic E-state index is 0.590. The van der Waals surface area contributed by atoms with E-state index in [1.165, 1.54) is 0 Å². The van der Waals surface area contributed by atoms with Gasteiger partial charge in [-0.3, -0.25) is 9.88 Å². The van der Waals surface area contributed by atoms with Crippen molar-refractivity contribution in [3.63, 3.8) is 0 Å². The van der Waals surface area contributed by atoms with Crippen LogP contribution in [0.15, 0.2) is 24.4 Å². The normalized spacial score (nSPS) is 11.2. The van der Waals surface area contributed by atoms with Crippen molar-refractivity contribution in [2.75, 3.05) is 6.54 Å². The molecule has 0 unspecified atom stereocenters. The van der Waals surface area contributed by atoms with Crippen molar-refractivity contribution >= 4 is 0 Å². The standard InChI is InChI=1S/C11H18N2/c1-4-13(10(2)3)9-11-7-5-6-8-12-11/h5-8,10H,4,9H2,1-3H3. The summed E-state index contributed by atoms with van der Waals surface area (Å²) in [5, 5.41) is 0. The smallest absolute Gasteiger partial charge is 0.0544 e. The van der Waals surface area contributed by atoms with E-state index < -0.39 is 0 Å². The first kappa shape index (κ1) is 10.2. The van der Waals surface area contributed by atoms with E-state index in [1.54, 1.807) is 0 Å². The molecule has 2 nitrogen and oxygen atoms in total. The fourth-order valence-electron chi connectivity index (χ4n) is 1.36. The zero-order valence-electron chi connectivity index (χ0n) is 8.70. The molecular formula is C11H18N2. The van der Waals surface area contributed by atoms with Crippen LogP contribution in [-0.4, -0.2) is 22.5 Å². The Hall–Kier alpha value is -0.890. The topological polar surface area (TPSA) is 16.1 Å². The SMILES string of the molecule is CCN(Cc1ccccn1)C(C)C. The van der Waals surface area contributed by atoms with Gasteiger partial charge in [0.2, 0.25) is 0 Å². The summed E-state index contributed by atoms with van der Waals surface area (Å²) < 4.78 is 0. The first-order chi connectivity index (χ1) is 6.24. The second kappa shape index (κ2) is 4.97. The quantitative estimate of drug-likeness (QED) is 0.703. The maximum atomic E-state index is 4.31. The zero-order chi connectivity index (χ0) is 9.68. The van der Waals surface area contributed by atoms with Gasteiger partial charge in [0, 0.05) is 18.8 Å². The van der Waals surface area contributed by atoms with Crippen LogP contribution in [0, 0.1) is 0 Å². The van der Waals surface area contributed by atoms with Gasteiger partial charge in [-0.2, -0.15) is 0 Å². The van der Waals surface area contributed by atoms with E-state index in [0.29, 0.717) is 6.04 Å². The Kier molecular flexibility index (Phi) is 3.90. The second-order valence-electron chi connectivity index (χ2n) is 3.48. The zero-order valence-corrected chi connectivity index (χ0v) is 8.70. The van der Waals surface area contributed by atoms with Crippen molar-refractivity contribution in [1.29, 1.82) is 0 Å². The third-order valence-electron chi connectivity index (χ3n) is 2.23. The maximum absolute atomic E-state index is 4.31. The Morgan fingerprint density at radius 3 is 2.62 bits per heavy atom. The molecule has 0 radical (unpaired) electrons. The van der Waals surface area contributed by atoms with Crippen LogP contribution in [0.2, 0.25) is 0 Å². The average molecular weight is 178 g/mol. The van der Waals surface area contributed by atoms with Crippen molar-refractivity contribution in [2.24, 2.45) is 0 Å². The summed E-state index contributed by atoms with van der Waals surface area (Å²) in [6.45, 7) is 8.64. The summed E-state index contributed by atoms with van der Waals surface area (Å²) in [7, 11) is 0. The highest BCUT2D eigenvalue weighted by atomic mass is 15.1. The third-order valence-corrected chi connectivity index (χ3v) is 2.23. The van der Waals surface area contributed by atoms with Gasteiger partial charge in [0.15, 0.2) is 0 Å². The van der Waals surface area contributed by atoms with Crippen LogP contribution in [0.25, 0.3) is 0 Å². The van der Waals surface area contributed by atoms with E-state index in [1.807, 2.05) is 18.3 Å². The van der Waals surface area contributed by atoms with Gasteiger partial charge in [-0.25, -0.2) is 0 Å². The molecule has 0 spiro atoms. The number of hydrogen-bond donors (Lipinski definition) is 0. The summed E-state index contributed by atoms with van der Waals surface area (Å²) >= 11 is 0. The molecule has 0 saturated heterocycles. The molecule has 0 aliphatic heterocycles. The summed E-state index contributed by atoms with van der Waals surface area (Å²) in [5.41, 5.74) is 1.15.